The average Bonchev–Trinajstić information content (AvgIpc) is 2.87. The summed E-state index contributed by atoms with van der Waals surface area (Å²) >= 11 is 2.81. The number of allylic oxidation sites excluding steroid dienone is 1. The van der Waals surface area contributed by atoms with Gasteiger partial charge in [-0.3, -0.25) is 0 Å². The summed E-state index contributed by atoms with van der Waals surface area (Å²) in [6.45, 7) is 4.02. The van der Waals surface area contributed by atoms with Crippen LogP contribution in [0.3, 0.4) is 0 Å². The predicted molar refractivity (Wildman–Crippen MR) is 87.5 cm³/mol. The standard InChI is InChI=1S/C17H21NO3Se/c1-3-7-15(19)12(2)16(20)18-14(11-21-17(18)22)10-13-8-5-4-6-9-13/h3-9,12,14-15,19H,10-11H2,1-2H3/b7-3+/t12-,14+,15-/m1/s1. The molecule has 1 aliphatic rings. The van der Waals surface area contributed by atoms with Crippen molar-refractivity contribution in [1.29, 1.82) is 0 Å². The maximum atomic E-state index is 12.7. The third kappa shape index (κ3) is 3.86. The van der Waals surface area contributed by atoms with Gasteiger partial charge in [0.2, 0.25) is 0 Å². The normalized spacial score (nSPS) is 21.0. The van der Waals surface area contributed by atoms with Crippen molar-refractivity contribution in [2.45, 2.75) is 32.4 Å². The van der Waals surface area contributed by atoms with Gasteiger partial charge in [0, 0.05) is 0 Å². The second-order valence-corrected chi connectivity index (χ2v) is 6.17. The number of rotatable bonds is 5. The van der Waals surface area contributed by atoms with Crippen molar-refractivity contribution in [3.8, 4) is 0 Å². The van der Waals surface area contributed by atoms with Crippen molar-refractivity contribution in [3.63, 3.8) is 0 Å². The first kappa shape index (κ1) is 16.9. The summed E-state index contributed by atoms with van der Waals surface area (Å²) in [6, 6.07) is 9.97. The molecule has 0 aliphatic carbocycles. The molecule has 1 amide bonds. The van der Waals surface area contributed by atoms with Crippen LogP contribution < -0.4 is 0 Å². The average molecular weight is 366 g/mol. The molecule has 3 atom stereocenters. The first-order valence-electron chi connectivity index (χ1n) is 7.39. The summed E-state index contributed by atoms with van der Waals surface area (Å²) in [4.78, 5) is 14.3. The van der Waals surface area contributed by atoms with E-state index in [1.807, 2.05) is 37.3 Å². The quantitative estimate of drug-likeness (QED) is 0.631. The van der Waals surface area contributed by atoms with Crippen molar-refractivity contribution in [1.82, 2.24) is 4.90 Å². The van der Waals surface area contributed by atoms with Gasteiger partial charge in [-0.15, -0.1) is 0 Å². The van der Waals surface area contributed by atoms with Gasteiger partial charge in [0.25, 0.3) is 0 Å². The van der Waals surface area contributed by atoms with Crippen LogP contribution in [0, 0.1) is 5.92 Å². The van der Waals surface area contributed by atoms with Gasteiger partial charge in [-0.25, -0.2) is 0 Å². The van der Waals surface area contributed by atoms with Crippen LogP contribution in [0.4, 0.5) is 0 Å². The van der Waals surface area contributed by atoms with E-state index in [0.29, 0.717) is 11.3 Å². The number of amides is 1. The molecular formula is C17H21NO3Se. The Morgan fingerprint density at radius 1 is 1.50 bits per heavy atom. The van der Waals surface area contributed by atoms with E-state index in [1.165, 1.54) is 0 Å². The number of ether oxygens (including phenoxy) is 1. The zero-order valence-corrected chi connectivity index (χ0v) is 14.5. The summed E-state index contributed by atoms with van der Waals surface area (Å²) in [5, 5.41) is 10.0. The molecule has 1 aliphatic heterocycles. The molecule has 22 heavy (non-hydrogen) atoms. The van der Waals surface area contributed by atoms with Crippen molar-refractivity contribution in [3.05, 3.63) is 48.0 Å². The number of nitrogens with zero attached hydrogens (tertiary/aromatic N) is 1. The van der Waals surface area contributed by atoms with E-state index in [4.69, 9.17) is 4.74 Å². The van der Waals surface area contributed by atoms with E-state index in [9.17, 15) is 9.90 Å². The van der Waals surface area contributed by atoms with Gasteiger partial charge in [-0.2, -0.15) is 0 Å². The van der Waals surface area contributed by atoms with E-state index < -0.39 is 12.0 Å². The molecule has 4 nitrogen and oxygen atoms in total. The van der Waals surface area contributed by atoms with E-state index in [-0.39, 0.29) is 11.9 Å². The van der Waals surface area contributed by atoms with E-state index in [2.05, 4.69) is 15.6 Å². The number of aliphatic hydroxyl groups excluding tert-OH is 1. The number of hydrogen-bond donors (Lipinski definition) is 1. The van der Waals surface area contributed by atoms with Gasteiger partial charge in [-0.05, 0) is 0 Å². The summed E-state index contributed by atoms with van der Waals surface area (Å²) in [5.74, 6) is -0.641. The van der Waals surface area contributed by atoms with Gasteiger partial charge in [0.05, 0.1) is 0 Å². The topological polar surface area (TPSA) is 49.8 Å². The fourth-order valence-electron chi connectivity index (χ4n) is 2.50. The number of benzene rings is 1. The van der Waals surface area contributed by atoms with Crippen LogP contribution in [0.2, 0.25) is 0 Å². The van der Waals surface area contributed by atoms with E-state index in [0.717, 1.165) is 12.0 Å². The zero-order valence-electron chi connectivity index (χ0n) is 12.8. The Hall–Kier alpha value is -1.42. The summed E-state index contributed by atoms with van der Waals surface area (Å²) in [5.41, 5.74) is 1.16. The SMILES string of the molecule is C/C=C/[C@@H](O)[C@@H](C)C(=O)N1C(=[Se])OC[C@@H]1Cc1ccccc1. The fraction of sp³-hybridized carbons (Fsp3) is 0.412. The molecule has 0 unspecified atom stereocenters. The molecule has 1 aromatic rings. The first-order chi connectivity index (χ1) is 10.5. The summed E-state index contributed by atoms with van der Waals surface area (Å²) in [6.07, 6.45) is 3.32. The molecule has 0 bridgehead atoms. The molecule has 0 aromatic heterocycles. The van der Waals surface area contributed by atoms with Crippen molar-refractivity contribution < 1.29 is 14.6 Å². The number of carbonyl (C=O) groups excluding carboxylic acids is 1. The molecule has 1 fully saturated rings. The molecule has 1 saturated heterocycles. The second kappa shape index (κ2) is 7.72. The van der Waals surface area contributed by atoms with Gasteiger partial charge in [0.15, 0.2) is 0 Å². The van der Waals surface area contributed by atoms with Gasteiger partial charge >= 0.3 is 139 Å². The van der Waals surface area contributed by atoms with E-state index >= 15 is 0 Å². The van der Waals surface area contributed by atoms with Crippen molar-refractivity contribution in [2.75, 3.05) is 6.61 Å². The first-order valence-corrected chi connectivity index (χ1v) is 8.25. The third-order valence-electron chi connectivity index (χ3n) is 3.80. The van der Waals surface area contributed by atoms with Gasteiger partial charge in [0.1, 0.15) is 0 Å². The Bertz CT molecular complexity index is 558. The van der Waals surface area contributed by atoms with Crippen LogP contribution >= 0.6 is 0 Å². The predicted octanol–water partition coefficient (Wildman–Crippen LogP) is 1.29. The number of hydrogen-bond acceptors (Lipinski definition) is 3. The molecule has 5 heteroatoms. The number of carbonyl (C=O) groups is 1. The Labute approximate surface area is 139 Å². The van der Waals surface area contributed by atoms with Gasteiger partial charge in [-0.1, -0.05) is 0 Å². The minimum atomic E-state index is -0.789. The van der Waals surface area contributed by atoms with Crippen LogP contribution in [0.15, 0.2) is 42.5 Å². The van der Waals surface area contributed by atoms with Crippen molar-refractivity contribution in [2.24, 2.45) is 5.92 Å². The minimum absolute atomic E-state index is 0.0496. The Morgan fingerprint density at radius 2 is 2.18 bits per heavy atom. The van der Waals surface area contributed by atoms with Gasteiger partial charge < -0.3 is 0 Å². The molecule has 2 rings (SSSR count). The Kier molecular flexibility index (Phi) is 5.95. The molecule has 118 valence electrons. The summed E-state index contributed by atoms with van der Waals surface area (Å²) in [7, 11) is 0. The molecular weight excluding hydrogens is 345 g/mol. The van der Waals surface area contributed by atoms with E-state index in [1.54, 1.807) is 24.0 Å². The Morgan fingerprint density at radius 3 is 2.82 bits per heavy atom. The van der Waals surface area contributed by atoms with Crippen LogP contribution in [0.5, 0.6) is 0 Å². The van der Waals surface area contributed by atoms with Crippen molar-refractivity contribution >= 4 is 26.2 Å². The molecule has 1 aromatic carbocycles. The third-order valence-corrected chi connectivity index (χ3v) is 4.46. The second-order valence-electron chi connectivity index (χ2n) is 5.43. The summed E-state index contributed by atoms with van der Waals surface area (Å²) < 4.78 is 6.02. The number of aliphatic hydroxyl groups is 1. The molecule has 0 radical (unpaired) electrons. The Balaban J connectivity index is 2.12. The van der Waals surface area contributed by atoms with Crippen LogP contribution in [0.25, 0.3) is 0 Å². The maximum absolute atomic E-state index is 12.7. The zero-order chi connectivity index (χ0) is 16.1. The van der Waals surface area contributed by atoms with Crippen LogP contribution in [0.1, 0.15) is 19.4 Å². The van der Waals surface area contributed by atoms with Crippen LogP contribution in [-0.2, 0) is 16.0 Å². The molecule has 0 saturated carbocycles. The molecule has 0 spiro atoms. The molecule has 1 N–H and O–H groups in total. The monoisotopic (exact) mass is 367 g/mol. The molecule has 1 heterocycles. The van der Waals surface area contributed by atoms with Crippen LogP contribution in [-0.4, -0.2) is 55.0 Å². The fourth-order valence-corrected chi connectivity index (χ4v) is 3.14.